The number of anilines is 1. The lowest BCUT2D eigenvalue weighted by Gasteiger charge is -2.16. The number of carbonyl (C=O) groups is 2. The summed E-state index contributed by atoms with van der Waals surface area (Å²) in [4.78, 5) is 26.2. The SMILES string of the molecule is O=C1C(=O)N(Cc2cccs2)c2c(Br)cc(F)cc21. The van der Waals surface area contributed by atoms with Crippen LogP contribution in [-0.4, -0.2) is 11.7 Å². The van der Waals surface area contributed by atoms with E-state index in [2.05, 4.69) is 15.9 Å². The van der Waals surface area contributed by atoms with Crippen molar-refractivity contribution in [3.05, 3.63) is 50.4 Å². The minimum Gasteiger partial charge on any atom is -0.298 e. The summed E-state index contributed by atoms with van der Waals surface area (Å²) < 4.78 is 13.7. The first kappa shape index (κ1) is 12.5. The number of benzene rings is 1. The van der Waals surface area contributed by atoms with Crippen molar-refractivity contribution in [2.24, 2.45) is 0 Å². The number of hydrogen-bond donors (Lipinski definition) is 0. The van der Waals surface area contributed by atoms with Crippen LogP contribution in [0.15, 0.2) is 34.1 Å². The molecule has 3 rings (SSSR count). The summed E-state index contributed by atoms with van der Waals surface area (Å²) in [6.45, 7) is 0.319. The van der Waals surface area contributed by atoms with Gasteiger partial charge in [-0.05, 0) is 39.5 Å². The Kier molecular flexibility index (Phi) is 2.99. The summed E-state index contributed by atoms with van der Waals surface area (Å²) in [6.07, 6.45) is 0. The van der Waals surface area contributed by atoms with Crippen molar-refractivity contribution < 1.29 is 14.0 Å². The Morgan fingerprint density at radius 2 is 2.11 bits per heavy atom. The van der Waals surface area contributed by atoms with Gasteiger partial charge in [-0.25, -0.2) is 4.39 Å². The zero-order valence-corrected chi connectivity index (χ0v) is 11.9. The minimum atomic E-state index is -0.660. The smallest absolute Gasteiger partial charge is 0.298 e. The number of hydrogen-bond acceptors (Lipinski definition) is 3. The summed E-state index contributed by atoms with van der Waals surface area (Å²) >= 11 is 4.72. The monoisotopic (exact) mass is 339 g/mol. The highest BCUT2D eigenvalue weighted by Crippen LogP contribution is 2.38. The van der Waals surface area contributed by atoms with Crippen LogP contribution in [-0.2, 0) is 11.3 Å². The van der Waals surface area contributed by atoms with Crippen LogP contribution < -0.4 is 4.90 Å². The van der Waals surface area contributed by atoms with Crippen LogP contribution in [0.25, 0.3) is 0 Å². The summed E-state index contributed by atoms with van der Waals surface area (Å²) in [5, 5.41) is 1.90. The Bertz CT molecular complexity index is 684. The molecule has 0 atom stereocenters. The van der Waals surface area contributed by atoms with Gasteiger partial charge in [-0.1, -0.05) is 6.07 Å². The van der Waals surface area contributed by atoms with Crippen LogP contribution >= 0.6 is 27.3 Å². The molecule has 0 spiro atoms. The molecule has 1 aliphatic heterocycles. The number of thiophene rings is 1. The van der Waals surface area contributed by atoms with Gasteiger partial charge in [0, 0.05) is 9.35 Å². The van der Waals surface area contributed by atoms with Gasteiger partial charge in [-0.2, -0.15) is 0 Å². The molecule has 1 aromatic heterocycles. The highest BCUT2D eigenvalue weighted by molar-refractivity contribution is 9.10. The van der Waals surface area contributed by atoms with Gasteiger partial charge in [-0.3, -0.25) is 14.5 Å². The molecule has 1 aliphatic rings. The van der Waals surface area contributed by atoms with E-state index in [-0.39, 0.29) is 5.56 Å². The van der Waals surface area contributed by atoms with E-state index < -0.39 is 17.5 Å². The third-order valence-corrected chi connectivity index (χ3v) is 4.34. The molecule has 6 heteroatoms. The maximum Gasteiger partial charge on any atom is 0.299 e. The molecule has 1 aromatic carbocycles. The van der Waals surface area contributed by atoms with Gasteiger partial charge >= 0.3 is 0 Å². The number of ketones is 1. The van der Waals surface area contributed by atoms with E-state index in [1.54, 1.807) is 0 Å². The van der Waals surface area contributed by atoms with Crippen molar-refractivity contribution in [3.63, 3.8) is 0 Å². The van der Waals surface area contributed by atoms with Crippen molar-refractivity contribution in [1.29, 1.82) is 0 Å². The molecule has 0 saturated carbocycles. The van der Waals surface area contributed by atoms with E-state index in [4.69, 9.17) is 0 Å². The molecule has 0 fully saturated rings. The Hall–Kier alpha value is -1.53. The molecule has 0 bridgehead atoms. The molecule has 0 unspecified atom stereocenters. The number of carbonyl (C=O) groups excluding carboxylic acids is 2. The van der Waals surface area contributed by atoms with Crippen molar-refractivity contribution in [3.8, 4) is 0 Å². The van der Waals surface area contributed by atoms with Crippen molar-refractivity contribution in [2.45, 2.75) is 6.54 Å². The fraction of sp³-hybridized carbons (Fsp3) is 0.0769. The van der Waals surface area contributed by atoms with E-state index in [1.165, 1.54) is 22.3 Å². The van der Waals surface area contributed by atoms with E-state index in [1.807, 2.05) is 17.5 Å². The third-order valence-electron chi connectivity index (χ3n) is 2.88. The number of Topliss-reactive ketones (excluding diaryl/α,β-unsaturated/α-hetero) is 1. The Balaban J connectivity index is 2.09. The molecule has 0 aliphatic carbocycles. The van der Waals surface area contributed by atoms with Gasteiger partial charge in [0.25, 0.3) is 11.7 Å². The first-order chi connectivity index (χ1) is 9.08. The summed E-state index contributed by atoms with van der Waals surface area (Å²) in [5.41, 5.74) is 0.568. The lowest BCUT2D eigenvalue weighted by Crippen LogP contribution is -2.28. The van der Waals surface area contributed by atoms with E-state index >= 15 is 0 Å². The van der Waals surface area contributed by atoms with Gasteiger partial charge in [0.15, 0.2) is 0 Å². The van der Waals surface area contributed by atoms with Crippen molar-refractivity contribution >= 4 is 44.6 Å². The van der Waals surface area contributed by atoms with Crippen LogP contribution in [0.1, 0.15) is 15.2 Å². The molecular formula is C13H7BrFNO2S. The predicted octanol–water partition coefficient (Wildman–Crippen LogP) is 3.38. The van der Waals surface area contributed by atoms with E-state index in [0.29, 0.717) is 16.7 Å². The second-order valence-corrected chi connectivity index (χ2v) is 5.97. The van der Waals surface area contributed by atoms with Gasteiger partial charge in [0.05, 0.1) is 17.8 Å². The molecule has 2 heterocycles. The zero-order valence-electron chi connectivity index (χ0n) is 9.52. The highest BCUT2D eigenvalue weighted by atomic mass is 79.9. The molecule has 0 saturated heterocycles. The number of halogens is 2. The van der Waals surface area contributed by atoms with Crippen LogP contribution in [0.3, 0.4) is 0 Å². The lowest BCUT2D eigenvalue weighted by molar-refractivity contribution is -0.114. The fourth-order valence-corrected chi connectivity index (χ4v) is 3.40. The first-order valence-corrected chi connectivity index (χ1v) is 7.13. The molecule has 19 heavy (non-hydrogen) atoms. The maximum atomic E-state index is 13.3. The average Bonchev–Trinajstić information content (AvgIpc) is 2.93. The molecule has 0 radical (unpaired) electrons. The predicted molar refractivity (Wildman–Crippen MR) is 73.9 cm³/mol. The number of amides is 1. The molecular weight excluding hydrogens is 333 g/mol. The van der Waals surface area contributed by atoms with E-state index in [9.17, 15) is 14.0 Å². The summed E-state index contributed by atoms with van der Waals surface area (Å²) in [7, 11) is 0. The van der Waals surface area contributed by atoms with Crippen LogP contribution in [0, 0.1) is 5.82 Å². The molecule has 2 aromatic rings. The topological polar surface area (TPSA) is 37.4 Å². The van der Waals surface area contributed by atoms with Crippen molar-refractivity contribution in [2.75, 3.05) is 4.90 Å². The Morgan fingerprint density at radius 3 is 2.79 bits per heavy atom. The standard InChI is InChI=1S/C13H7BrFNO2S/c14-10-5-7(15)4-9-11(10)16(13(18)12(9)17)6-8-2-1-3-19-8/h1-5H,6H2. The molecule has 1 amide bonds. The van der Waals surface area contributed by atoms with E-state index in [0.717, 1.165) is 10.9 Å². The van der Waals surface area contributed by atoms with Gasteiger partial charge < -0.3 is 0 Å². The van der Waals surface area contributed by atoms with Crippen LogP contribution in [0.4, 0.5) is 10.1 Å². The van der Waals surface area contributed by atoms with Crippen LogP contribution in [0.2, 0.25) is 0 Å². The second kappa shape index (κ2) is 4.54. The number of nitrogens with zero attached hydrogens (tertiary/aromatic N) is 1. The highest BCUT2D eigenvalue weighted by Gasteiger charge is 2.37. The largest absolute Gasteiger partial charge is 0.299 e. The van der Waals surface area contributed by atoms with Gasteiger partial charge in [-0.15, -0.1) is 11.3 Å². The van der Waals surface area contributed by atoms with Crippen LogP contribution in [0.5, 0.6) is 0 Å². The van der Waals surface area contributed by atoms with Gasteiger partial charge in [0.2, 0.25) is 0 Å². The molecule has 3 nitrogen and oxygen atoms in total. The third kappa shape index (κ3) is 2.01. The normalized spacial score (nSPS) is 14.1. The lowest BCUT2D eigenvalue weighted by atomic mass is 10.1. The van der Waals surface area contributed by atoms with Gasteiger partial charge in [0.1, 0.15) is 5.82 Å². The average molecular weight is 340 g/mol. The summed E-state index contributed by atoms with van der Waals surface area (Å²) in [5.74, 6) is -1.81. The zero-order chi connectivity index (χ0) is 13.6. The molecule has 96 valence electrons. The Labute approximate surface area is 120 Å². The Morgan fingerprint density at radius 1 is 1.32 bits per heavy atom. The van der Waals surface area contributed by atoms with Crippen molar-refractivity contribution in [1.82, 2.24) is 0 Å². The molecule has 0 N–H and O–H groups in total. The maximum absolute atomic E-state index is 13.3. The number of rotatable bonds is 2. The first-order valence-electron chi connectivity index (χ1n) is 5.45. The quantitative estimate of drug-likeness (QED) is 0.786. The summed E-state index contributed by atoms with van der Waals surface area (Å²) in [6, 6.07) is 6.13. The second-order valence-electron chi connectivity index (χ2n) is 4.08. The fourth-order valence-electron chi connectivity index (χ4n) is 2.06. The number of fused-ring (bicyclic) bond motifs is 1. The minimum absolute atomic E-state index is 0.119.